The molecular formula is C16H15N3O4S. The normalized spacial score (nSPS) is 12.3. The second-order valence-electron chi connectivity index (χ2n) is 5.11. The largest absolute Gasteiger partial charge is 0.481 e. The van der Waals surface area contributed by atoms with Crippen molar-refractivity contribution in [3.63, 3.8) is 0 Å². The van der Waals surface area contributed by atoms with Crippen LogP contribution in [0, 0.1) is 18.3 Å². The summed E-state index contributed by atoms with van der Waals surface area (Å²) in [5.74, 6) is -1.15. The second kappa shape index (κ2) is 7.21. The molecule has 1 unspecified atom stereocenters. The van der Waals surface area contributed by atoms with Crippen molar-refractivity contribution >= 4 is 16.0 Å². The van der Waals surface area contributed by atoms with Crippen LogP contribution < -0.4 is 4.72 Å². The molecule has 2 aromatic rings. The smallest absolute Gasteiger partial charge is 0.305 e. The van der Waals surface area contributed by atoms with Crippen molar-refractivity contribution in [3.8, 4) is 6.07 Å². The number of nitrogens with one attached hydrogen (secondary N) is 1. The maximum absolute atomic E-state index is 12.5. The van der Waals surface area contributed by atoms with E-state index in [0.717, 1.165) is 0 Å². The van der Waals surface area contributed by atoms with Crippen LogP contribution in [0.15, 0.2) is 47.5 Å². The molecule has 2 rings (SSSR count). The maximum Gasteiger partial charge on any atom is 0.305 e. The summed E-state index contributed by atoms with van der Waals surface area (Å²) >= 11 is 0. The van der Waals surface area contributed by atoms with E-state index in [4.69, 9.17) is 10.4 Å². The van der Waals surface area contributed by atoms with Crippen molar-refractivity contribution in [2.75, 3.05) is 0 Å². The van der Waals surface area contributed by atoms with E-state index >= 15 is 0 Å². The summed E-state index contributed by atoms with van der Waals surface area (Å²) in [6, 6.07) is 9.92. The molecule has 124 valence electrons. The maximum atomic E-state index is 12.5. The van der Waals surface area contributed by atoms with Gasteiger partial charge < -0.3 is 5.11 Å². The first-order valence-corrected chi connectivity index (χ1v) is 8.47. The predicted octanol–water partition coefficient (Wildman–Crippen LogP) is 1.76. The molecule has 0 saturated heterocycles. The SMILES string of the molecule is Cc1cc(S(=O)(=O)NC(CC(=O)O)c2ccccn2)ccc1C#N. The minimum atomic E-state index is -3.96. The van der Waals surface area contributed by atoms with Crippen molar-refractivity contribution in [1.82, 2.24) is 9.71 Å². The van der Waals surface area contributed by atoms with Crippen LogP contribution in [0.3, 0.4) is 0 Å². The van der Waals surface area contributed by atoms with Crippen molar-refractivity contribution in [3.05, 3.63) is 59.4 Å². The molecule has 24 heavy (non-hydrogen) atoms. The highest BCUT2D eigenvalue weighted by Gasteiger charge is 2.24. The zero-order valence-electron chi connectivity index (χ0n) is 12.8. The molecule has 1 aromatic carbocycles. The number of nitriles is 1. The highest BCUT2D eigenvalue weighted by atomic mass is 32.2. The Kier molecular flexibility index (Phi) is 5.28. The molecule has 1 aromatic heterocycles. The standard InChI is InChI=1S/C16H15N3O4S/c1-11-8-13(6-5-12(11)10-17)24(22,23)19-15(9-16(20)21)14-4-2-3-7-18-14/h2-8,15,19H,9H2,1H3,(H,20,21). The Morgan fingerprint density at radius 3 is 2.67 bits per heavy atom. The van der Waals surface area contributed by atoms with E-state index in [-0.39, 0.29) is 4.90 Å². The Morgan fingerprint density at radius 1 is 1.38 bits per heavy atom. The second-order valence-corrected chi connectivity index (χ2v) is 6.83. The molecule has 1 atom stereocenters. The van der Waals surface area contributed by atoms with Gasteiger partial charge in [0.1, 0.15) is 0 Å². The molecule has 0 amide bonds. The molecule has 0 saturated carbocycles. The molecular weight excluding hydrogens is 330 g/mol. The van der Waals surface area contributed by atoms with E-state index in [9.17, 15) is 13.2 Å². The van der Waals surface area contributed by atoms with Crippen molar-refractivity contribution in [2.24, 2.45) is 0 Å². The van der Waals surface area contributed by atoms with Crippen molar-refractivity contribution in [1.29, 1.82) is 5.26 Å². The number of hydrogen-bond donors (Lipinski definition) is 2. The van der Waals surface area contributed by atoms with E-state index in [1.807, 2.05) is 6.07 Å². The van der Waals surface area contributed by atoms with Crippen LogP contribution in [0.4, 0.5) is 0 Å². The number of benzene rings is 1. The number of aromatic nitrogens is 1. The van der Waals surface area contributed by atoms with E-state index in [0.29, 0.717) is 16.8 Å². The van der Waals surface area contributed by atoms with Gasteiger partial charge >= 0.3 is 5.97 Å². The summed E-state index contributed by atoms with van der Waals surface area (Å²) in [5, 5.41) is 17.9. The van der Waals surface area contributed by atoms with Gasteiger partial charge in [-0.05, 0) is 42.8 Å². The number of sulfonamides is 1. The highest BCUT2D eigenvalue weighted by Crippen LogP contribution is 2.20. The molecule has 0 radical (unpaired) electrons. The average molecular weight is 345 g/mol. The summed E-state index contributed by atoms with van der Waals surface area (Å²) in [6.07, 6.45) is 1.02. The Morgan fingerprint density at radius 2 is 2.12 bits per heavy atom. The Bertz CT molecular complexity index is 889. The fourth-order valence-electron chi connectivity index (χ4n) is 2.15. The Hall–Kier alpha value is -2.76. The first kappa shape index (κ1) is 17.6. The fourth-order valence-corrected chi connectivity index (χ4v) is 3.44. The van der Waals surface area contributed by atoms with Crippen LogP contribution >= 0.6 is 0 Å². The van der Waals surface area contributed by atoms with Gasteiger partial charge in [-0.3, -0.25) is 9.78 Å². The van der Waals surface area contributed by atoms with Gasteiger partial charge in [0.2, 0.25) is 10.0 Å². The molecule has 8 heteroatoms. The van der Waals surface area contributed by atoms with Gasteiger partial charge in [-0.25, -0.2) is 13.1 Å². The van der Waals surface area contributed by atoms with Gasteiger partial charge in [0.15, 0.2) is 0 Å². The average Bonchev–Trinajstić information content (AvgIpc) is 2.54. The van der Waals surface area contributed by atoms with Gasteiger partial charge in [0.05, 0.1) is 34.7 Å². The lowest BCUT2D eigenvalue weighted by atomic mass is 10.1. The van der Waals surface area contributed by atoms with Gasteiger partial charge in [-0.2, -0.15) is 5.26 Å². The molecule has 0 aliphatic carbocycles. The number of pyridine rings is 1. The molecule has 0 spiro atoms. The summed E-state index contributed by atoms with van der Waals surface area (Å²) in [7, 11) is -3.96. The van der Waals surface area contributed by atoms with Gasteiger partial charge in [0, 0.05) is 6.20 Å². The topological polar surface area (TPSA) is 120 Å². The zero-order valence-corrected chi connectivity index (χ0v) is 13.6. The van der Waals surface area contributed by atoms with E-state index < -0.39 is 28.5 Å². The third-order valence-electron chi connectivity index (χ3n) is 3.35. The number of nitrogens with zero attached hydrogens (tertiary/aromatic N) is 2. The van der Waals surface area contributed by atoms with E-state index in [2.05, 4.69) is 9.71 Å². The molecule has 7 nitrogen and oxygen atoms in total. The number of carboxylic acids is 1. The molecule has 0 aliphatic rings. The van der Waals surface area contributed by atoms with Crippen LogP contribution in [0.5, 0.6) is 0 Å². The van der Waals surface area contributed by atoms with Crippen LogP contribution in [0.1, 0.15) is 29.3 Å². The van der Waals surface area contributed by atoms with Gasteiger partial charge in [0.25, 0.3) is 0 Å². The molecule has 0 fully saturated rings. The fraction of sp³-hybridized carbons (Fsp3) is 0.188. The summed E-state index contributed by atoms with van der Waals surface area (Å²) < 4.78 is 27.4. The number of rotatable bonds is 6. The first-order valence-electron chi connectivity index (χ1n) is 6.99. The number of carbonyl (C=O) groups is 1. The number of hydrogen-bond acceptors (Lipinski definition) is 5. The Labute approximate surface area is 139 Å². The predicted molar refractivity (Wildman–Crippen MR) is 85.4 cm³/mol. The molecule has 1 heterocycles. The minimum Gasteiger partial charge on any atom is -0.481 e. The monoisotopic (exact) mass is 345 g/mol. The first-order chi connectivity index (χ1) is 11.3. The van der Waals surface area contributed by atoms with Crippen LogP contribution in [-0.4, -0.2) is 24.5 Å². The van der Waals surface area contributed by atoms with E-state index in [1.54, 1.807) is 25.1 Å². The van der Waals surface area contributed by atoms with Crippen LogP contribution in [0.25, 0.3) is 0 Å². The van der Waals surface area contributed by atoms with Crippen LogP contribution in [-0.2, 0) is 14.8 Å². The minimum absolute atomic E-state index is 0.0367. The number of carboxylic acid groups (broad SMARTS) is 1. The lowest BCUT2D eigenvalue weighted by molar-refractivity contribution is -0.137. The molecule has 0 bridgehead atoms. The highest BCUT2D eigenvalue weighted by molar-refractivity contribution is 7.89. The summed E-state index contributed by atoms with van der Waals surface area (Å²) in [6.45, 7) is 1.63. The zero-order chi connectivity index (χ0) is 17.7. The van der Waals surface area contributed by atoms with Gasteiger partial charge in [-0.1, -0.05) is 6.07 Å². The van der Waals surface area contributed by atoms with Crippen LogP contribution in [0.2, 0.25) is 0 Å². The number of aliphatic carboxylic acids is 1. The number of aryl methyl sites for hydroxylation is 1. The quantitative estimate of drug-likeness (QED) is 0.823. The van der Waals surface area contributed by atoms with Gasteiger partial charge in [-0.15, -0.1) is 0 Å². The molecule has 2 N–H and O–H groups in total. The van der Waals surface area contributed by atoms with Crippen molar-refractivity contribution < 1.29 is 18.3 Å². The summed E-state index contributed by atoms with van der Waals surface area (Å²) in [5.41, 5.74) is 1.21. The van der Waals surface area contributed by atoms with E-state index in [1.165, 1.54) is 24.4 Å². The lowest BCUT2D eigenvalue weighted by Gasteiger charge is -2.17. The third-order valence-corrected chi connectivity index (χ3v) is 4.82. The lowest BCUT2D eigenvalue weighted by Crippen LogP contribution is -2.31. The molecule has 0 aliphatic heterocycles. The third kappa shape index (κ3) is 4.16. The van der Waals surface area contributed by atoms with Crippen molar-refractivity contribution in [2.45, 2.75) is 24.3 Å². The summed E-state index contributed by atoms with van der Waals surface area (Å²) in [4.78, 5) is 15.0. The Balaban J connectivity index is 2.35.